The summed E-state index contributed by atoms with van der Waals surface area (Å²) in [5, 5.41) is 9.09. The Labute approximate surface area is 185 Å². The van der Waals surface area contributed by atoms with Gasteiger partial charge in [0.25, 0.3) is 0 Å². The molecule has 0 atom stereocenters. The Kier molecular flexibility index (Phi) is 19.0. The molecule has 0 heterocycles. The molecule has 0 fully saturated rings. The van der Waals surface area contributed by atoms with Crippen molar-refractivity contribution in [2.75, 3.05) is 13.2 Å². The molecule has 0 aromatic rings. The quantitative estimate of drug-likeness (QED) is 0.146. The topological polar surface area (TPSA) is 29.5 Å². The molecule has 0 saturated carbocycles. The lowest BCUT2D eigenvalue weighted by molar-refractivity contribution is 0.277. The van der Waals surface area contributed by atoms with E-state index in [0.29, 0.717) is 11.6 Å². The number of aliphatic hydroxyl groups excluding tert-OH is 1. The minimum atomic E-state index is -1.53. The van der Waals surface area contributed by atoms with Crippen molar-refractivity contribution in [3.63, 3.8) is 0 Å². The van der Waals surface area contributed by atoms with Crippen molar-refractivity contribution in [2.24, 2.45) is 0 Å². The van der Waals surface area contributed by atoms with Crippen molar-refractivity contribution >= 4 is 8.32 Å². The van der Waals surface area contributed by atoms with Crippen molar-refractivity contribution in [3.8, 4) is 0 Å². The summed E-state index contributed by atoms with van der Waals surface area (Å²) in [5.74, 6) is 0. The standard InChI is InChI=1S/C26H56O2Si/c1-26(2,3)29(4,5)28-25-23-21-19-17-15-13-11-9-7-6-8-10-12-14-16-18-20-22-24-27/h27H,6-25H2,1-5H3. The highest BCUT2D eigenvalue weighted by molar-refractivity contribution is 6.74. The van der Waals surface area contributed by atoms with Gasteiger partial charge in [0.2, 0.25) is 0 Å². The summed E-state index contributed by atoms with van der Waals surface area (Å²) in [6.45, 7) is 13.0. The third-order valence-corrected chi connectivity index (χ3v) is 11.4. The van der Waals surface area contributed by atoms with Crippen LogP contribution in [-0.4, -0.2) is 26.6 Å². The van der Waals surface area contributed by atoms with Crippen molar-refractivity contribution < 1.29 is 9.53 Å². The lowest BCUT2D eigenvalue weighted by Gasteiger charge is -2.36. The molecule has 176 valence electrons. The van der Waals surface area contributed by atoms with Crippen LogP contribution in [0.15, 0.2) is 0 Å². The van der Waals surface area contributed by atoms with Gasteiger partial charge in [-0.25, -0.2) is 0 Å². The van der Waals surface area contributed by atoms with Crippen LogP contribution in [0.2, 0.25) is 18.1 Å². The van der Waals surface area contributed by atoms with Gasteiger partial charge in [-0.05, 0) is 31.0 Å². The van der Waals surface area contributed by atoms with E-state index in [1.54, 1.807) is 0 Å². The molecule has 0 aliphatic carbocycles. The fourth-order valence-corrected chi connectivity index (χ4v) is 4.67. The van der Waals surface area contributed by atoms with E-state index < -0.39 is 8.32 Å². The zero-order valence-corrected chi connectivity index (χ0v) is 22.0. The average molecular weight is 429 g/mol. The fourth-order valence-electron chi connectivity index (χ4n) is 3.59. The Morgan fingerprint density at radius 2 is 0.793 bits per heavy atom. The summed E-state index contributed by atoms with van der Waals surface area (Å²) < 4.78 is 6.26. The van der Waals surface area contributed by atoms with Gasteiger partial charge in [-0.3, -0.25) is 0 Å². The summed E-state index contributed by atoms with van der Waals surface area (Å²) in [5.41, 5.74) is 0. The SMILES string of the molecule is CC(C)(C)[Si](C)(C)OCCCCCCCCCCCCCCCCCCCCO. The van der Waals surface area contributed by atoms with Crippen LogP contribution < -0.4 is 0 Å². The number of rotatable bonds is 21. The predicted octanol–water partition coefficient (Wildman–Crippen LogP) is 9.02. The first-order chi connectivity index (χ1) is 13.8. The molecule has 0 unspecified atom stereocenters. The molecule has 1 N–H and O–H groups in total. The van der Waals surface area contributed by atoms with Crippen LogP contribution in [0.1, 0.15) is 136 Å². The highest BCUT2D eigenvalue weighted by atomic mass is 28.4. The summed E-state index contributed by atoms with van der Waals surface area (Å²) >= 11 is 0. The molecule has 0 aliphatic rings. The van der Waals surface area contributed by atoms with Gasteiger partial charge in [-0.1, -0.05) is 124 Å². The zero-order valence-electron chi connectivity index (χ0n) is 21.0. The maximum atomic E-state index is 8.75. The summed E-state index contributed by atoms with van der Waals surface area (Å²) in [4.78, 5) is 0. The molecule has 0 aromatic carbocycles. The second-order valence-electron chi connectivity index (χ2n) is 10.7. The molecular formula is C26H56O2Si. The van der Waals surface area contributed by atoms with Gasteiger partial charge in [0.15, 0.2) is 8.32 Å². The monoisotopic (exact) mass is 428 g/mol. The molecule has 29 heavy (non-hydrogen) atoms. The average Bonchev–Trinajstić information content (AvgIpc) is 2.65. The van der Waals surface area contributed by atoms with Gasteiger partial charge < -0.3 is 9.53 Å². The number of aliphatic hydroxyl groups is 1. The maximum absolute atomic E-state index is 8.75. The van der Waals surface area contributed by atoms with Crippen LogP contribution in [0.3, 0.4) is 0 Å². The van der Waals surface area contributed by atoms with Crippen LogP contribution in [0.4, 0.5) is 0 Å². The molecular weight excluding hydrogens is 372 g/mol. The van der Waals surface area contributed by atoms with E-state index >= 15 is 0 Å². The lowest BCUT2D eigenvalue weighted by Crippen LogP contribution is -2.40. The summed E-state index contributed by atoms with van der Waals surface area (Å²) in [6.07, 6.45) is 24.6. The molecule has 0 rings (SSSR count). The minimum Gasteiger partial charge on any atom is -0.417 e. The second kappa shape index (κ2) is 18.9. The predicted molar refractivity (Wildman–Crippen MR) is 133 cm³/mol. The first kappa shape index (κ1) is 29.1. The molecule has 0 radical (unpaired) electrons. The Hall–Kier alpha value is 0.137. The molecule has 0 bridgehead atoms. The first-order valence-corrected chi connectivity index (χ1v) is 16.0. The van der Waals surface area contributed by atoms with Gasteiger partial charge in [-0.15, -0.1) is 0 Å². The van der Waals surface area contributed by atoms with Crippen molar-refractivity contribution in [1.82, 2.24) is 0 Å². The van der Waals surface area contributed by atoms with Gasteiger partial charge in [0.1, 0.15) is 0 Å². The van der Waals surface area contributed by atoms with E-state index in [1.807, 2.05) is 0 Å². The molecule has 0 amide bonds. The van der Waals surface area contributed by atoms with Crippen molar-refractivity contribution in [3.05, 3.63) is 0 Å². The van der Waals surface area contributed by atoms with Crippen molar-refractivity contribution in [1.29, 1.82) is 0 Å². The number of unbranched alkanes of at least 4 members (excludes halogenated alkanes) is 17. The molecule has 3 heteroatoms. The molecule has 0 saturated heterocycles. The van der Waals surface area contributed by atoms with Crippen LogP contribution in [-0.2, 0) is 4.43 Å². The normalized spacial score (nSPS) is 12.6. The number of hydrogen-bond acceptors (Lipinski definition) is 2. The van der Waals surface area contributed by atoms with Crippen LogP contribution in [0.25, 0.3) is 0 Å². The fraction of sp³-hybridized carbons (Fsp3) is 1.00. The Bertz CT molecular complexity index is 336. The third kappa shape index (κ3) is 18.6. The Morgan fingerprint density at radius 1 is 0.517 bits per heavy atom. The van der Waals surface area contributed by atoms with Crippen molar-refractivity contribution in [2.45, 2.75) is 154 Å². The van der Waals surface area contributed by atoms with E-state index in [9.17, 15) is 0 Å². The smallest absolute Gasteiger partial charge is 0.191 e. The van der Waals surface area contributed by atoms with Crippen LogP contribution in [0.5, 0.6) is 0 Å². The molecule has 0 aliphatic heterocycles. The van der Waals surface area contributed by atoms with E-state index in [-0.39, 0.29) is 0 Å². The minimum absolute atomic E-state index is 0.341. The molecule has 0 spiro atoms. The van der Waals surface area contributed by atoms with Gasteiger partial charge in [-0.2, -0.15) is 0 Å². The van der Waals surface area contributed by atoms with Gasteiger partial charge in [0.05, 0.1) is 0 Å². The number of hydrogen-bond donors (Lipinski definition) is 1. The molecule has 0 aromatic heterocycles. The summed E-state index contributed by atoms with van der Waals surface area (Å²) in [6, 6.07) is 0. The first-order valence-electron chi connectivity index (χ1n) is 13.1. The third-order valence-electron chi connectivity index (χ3n) is 6.82. The Morgan fingerprint density at radius 3 is 1.07 bits per heavy atom. The van der Waals surface area contributed by atoms with E-state index in [4.69, 9.17) is 9.53 Å². The van der Waals surface area contributed by atoms with Crippen LogP contribution >= 0.6 is 0 Å². The lowest BCUT2D eigenvalue weighted by atomic mass is 10.0. The maximum Gasteiger partial charge on any atom is 0.191 e. The van der Waals surface area contributed by atoms with E-state index in [2.05, 4.69) is 33.9 Å². The highest BCUT2D eigenvalue weighted by Crippen LogP contribution is 2.36. The van der Waals surface area contributed by atoms with Gasteiger partial charge >= 0.3 is 0 Å². The van der Waals surface area contributed by atoms with E-state index in [0.717, 1.165) is 13.0 Å². The Balaban J connectivity index is 3.17. The highest BCUT2D eigenvalue weighted by Gasteiger charge is 2.36. The summed E-state index contributed by atoms with van der Waals surface area (Å²) in [7, 11) is -1.53. The van der Waals surface area contributed by atoms with Gasteiger partial charge in [0, 0.05) is 13.2 Å². The second-order valence-corrected chi connectivity index (χ2v) is 15.5. The zero-order chi connectivity index (χ0) is 21.8. The largest absolute Gasteiger partial charge is 0.417 e. The van der Waals surface area contributed by atoms with E-state index in [1.165, 1.54) is 109 Å². The molecule has 2 nitrogen and oxygen atoms in total. The van der Waals surface area contributed by atoms with Crippen LogP contribution in [0, 0.1) is 0 Å².